The summed E-state index contributed by atoms with van der Waals surface area (Å²) in [5, 5.41) is 0. The Kier molecular flexibility index (Phi) is 5.74. The lowest BCUT2D eigenvalue weighted by Gasteiger charge is -2.35. The Morgan fingerprint density at radius 3 is 2.83 bits per heavy atom. The molecule has 1 saturated heterocycles. The van der Waals surface area contributed by atoms with Crippen molar-refractivity contribution in [3.63, 3.8) is 0 Å². The molecule has 0 aliphatic carbocycles. The molecule has 0 aromatic heterocycles. The molecule has 1 aromatic rings. The van der Waals surface area contributed by atoms with Gasteiger partial charge in [-0.1, -0.05) is 12.1 Å². The predicted octanol–water partition coefficient (Wildman–Crippen LogP) is 2.47. The van der Waals surface area contributed by atoms with Gasteiger partial charge in [0.1, 0.15) is 5.82 Å². The topological polar surface area (TPSA) is 40.6 Å². The SMILES string of the molecule is CC(C)N(C)C(=O)[C@H]1CCC(=O)N(CCc2cccc(F)c2)C1. The third-order valence-corrected chi connectivity index (χ3v) is 4.53. The van der Waals surface area contributed by atoms with E-state index in [-0.39, 0.29) is 29.6 Å². The van der Waals surface area contributed by atoms with Crippen LogP contribution in [-0.4, -0.2) is 47.8 Å². The molecule has 1 atom stereocenters. The van der Waals surface area contributed by atoms with Gasteiger partial charge in [-0.15, -0.1) is 0 Å². The maximum Gasteiger partial charge on any atom is 0.227 e. The van der Waals surface area contributed by atoms with Gasteiger partial charge in [-0.05, 0) is 44.4 Å². The van der Waals surface area contributed by atoms with Gasteiger partial charge < -0.3 is 9.80 Å². The molecule has 2 amide bonds. The zero-order valence-electron chi connectivity index (χ0n) is 14.1. The van der Waals surface area contributed by atoms with E-state index in [2.05, 4.69) is 0 Å². The van der Waals surface area contributed by atoms with E-state index >= 15 is 0 Å². The van der Waals surface area contributed by atoms with Crippen molar-refractivity contribution in [1.29, 1.82) is 0 Å². The molecule has 1 aromatic carbocycles. The first-order valence-electron chi connectivity index (χ1n) is 8.17. The van der Waals surface area contributed by atoms with Crippen molar-refractivity contribution in [2.75, 3.05) is 20.1 Å². The van der Waals surface area contributed by atoms with Gasteiger partial charge in [-0.25, -0.2) is 4.39 Å². The van der Waals surface area contributed by atoms with Crippen LogP contribution in [0.4, 0.5) is 4.39 Å². The summed E-state index contributed by atoms with van der Waals surface area (Å²) in [5.41, 5.74) is 0.866. The maximum atomic E-state index is 13.2. The van der Waals surface area contributed by atoms with Crippen molar-refractivity contribution in [2.24, 2.45) is 5.92 Å². The molecule has 1 fully saturated rings. The van der Waals surface area contributed by atoms with Crippen molar-refractivity contribution < 1.29 is 14.0 Å². The Morgan fingerprint density at radius 1 is 1.43 bits per heavy atom. The zero-order chi connectivity index (χ0) is 17.0. The van der Waals surface area contributed by atoms with Gasteiger partial charge in [0.05, 0.1) is 5.92 Å². The Labute approximate surface area is 137 Å². The molecule has 1 aliphatic heterocycles. The lowest BCUT2D eigenvalue weighted by Crippen LogP contribution is -2.48. The summed E-state index contributed by atoms with van der Waals surface area (Å²) in [6.45, 7) is 4.95. The second-order valence-corrected chi connectivity index (χ2v) is 6.50. The molecule has 23 heavy (non-hydrogen) atoms. The van der Waals surface area contributed by atoms with Crippen molar-refractivity contribution in [2.45, 2.75) is 39.2 Å². The molecule has 1 aliphatic rings. The van der Waals surface area contributed by atoms with Gasteiger partial charge in [-0.3, -0.25) is 9.59 Å². The van der Waals surface area contributed by atoms with E-state index < -0.39 is 0 Å². The summed E-state index contributed by atoms with van der Waals surface area (Å²) in [4.78, 5) is 28.0. The van der Waals surface area contributed by atoms with E-state index in [1.165, 1.54) is 12.1 Å². The Balaban J connectivity index is 1.95. The molecule has 1 heterocycles. The Bertz CT molecular complexity index is 574. The molecule has 5 heteroatoms. The number of carbonyl (C=O) groups excluding carboxylic acids is 2. The fourth-order valence-corrected chi connectivity index (χ4v) is 2.83. The number of nitrogens with zero attached hydrogens (tertiary/aromatic N) is 2. The zero-order valence-corrected chi connectivity index (χ0v) is 14.1. The van der Waals surface area contributed by atoms with Crippen LogP contribution in [0.2, 0.25) is 0 Å². The summed E-state index contributed by atoms with van der Waals surface area (Å²) >= 11 is 0. The molecule has 126 valence electrons. The minimum atomic E-state index is -0.265. The van der Waals surface area contributed by atoms with Gasteiger partial charge in [0.25, 0.3) is 0 Å². The van der Waals surface area contributed by atoms with Gasteiger partial charge >= 0.3 is 0 Å². The van der Waals surface area contributed by atoms with Crippen LogP contribution < -0.4 is 0 Å². The third kappa shape index (κ3) is 4.53. The first-order chi connectivity index (χ1) is 10.9. The average molecular weight is 320 g/mol. The first-order valence-corrected chi connectivity index (χ1v) is 8.17. The normalized spacial score (nSPS) is 18.4. The van der Waals surface area contributed by atoms with Crippen molar-refractivity contribution in [3.05, 3.63) is 35.6 Å². The number of rotatable bonds is 5. The molecule has 2 rings (SSSR count). The fraction of sp³-hybridized carbons (Fsp3) is 0.556. The van der Waals surface area contributed by atoms with Gasteiger partial charge in [0.15, 0.2) is 0 Å². The van der Waals surface area contributed by atoms with Gasteiger partial charge in [0, 0.05) is 32.6 Å². The van der Waals surface area contributed by atoms with Crippen LogP contribution in [0.25, 0.3) is 0 Å². The van der Waals surface area contributed by atoms with Crippen LogP contribution >= 0.6 is 0 Å². The van der Waals surface area contributed by atoms with Crippen LogP contribution in [0.1, 0.15) is 32.3 Å². The number of benzene rings is 1. The van der Waals surface area contributed by atoms with Crippen LogP contribution in [0, 0.1) is 11.7 Å². The number of amides is 2. The third-order valence-electron chi connectivity index (χ3n) is 4.53. The highest BCUT2D eigenvalue weighted by Crippen LogP contribution is 2.21. The second-order valence-electron chi connectivity index (χ2n) is 6.50. The van der Waals surface area contributed by atoms with Crippen LogP contribution in [0.5, 0.6) is 0 Å². The quantitative estimate of drug-likeness (QED) is 0.836. The number of carbonyl (C=O) groups is 2. The predicted molar refractivity (Wildman–Crippen MR) is 87.3 cm³/mol. The lowest BCUT2D eigenvalue weighted by atomic mass is 9.95. The highest BCUT2D eigenvalue weighted by Gasteiger charge is 2.32. The molecule has 4 nitrogen and oxygen atoms in total. The largest absolute Gasteiger partial charge is 0.343 e. The average Bonchev–Trinajstić information content (AvgIpc) is 2.52. The monoisotopic (exact) mass is 320 g/mol. The molecular weight excluding hydrogens is 295 g/mol. The Morgan fingerprint density at radius 2 is 2.17 bits per heavy atom. The number of piperidine rings is 1. The summed E-state index contributed by atoms with van der Waals surface area (Å²) in [5.74, 6) is -0.215. The maximum absolute atomic E-state index is 13.2. The van der Waals surface area contributed by atoms with Crippen LogP contribution in [-0.2, 0) is 16.0 Å². The highest BCUT2D eigenvalue weighted by atomic mass is 19.1. The summed E-state index contributed by atoms with van der Waals surface area (Å²) in [6, 6.07) is 6.58. The number of halogens is 1. The molecule has 0 saturated carbocycles. The summed E-state index contributed by atoms with van der Waals surface area (Å²) in [7, 11) is 1.81. The summed E-state index contributed by atoms with van der Waals surface area (Å²) < 4.78 is 13.2. The molecule has 0 radical (unpaired) electrons. The molecule has 0 N–H and O–H groups in total. The summed E-state index contributed by atoms with van der Waals surface area (Å²) in [6.07, 6.45) is 1.63. The van der Waals surface area contributed by atoms with Crippen molar-refractivity contribution >= 4 is 11.8 Å². The van der Waals surface area contributed by atoms with E-state index in [9.17, 15) is 14.0 Å². The Hall–Kier alpha value is -1.91. The van der Waals surface area contributed by atoms with Gasteiger partial charge in [-0.2, -0.15) is 0 Å². The molecule has 0 bridgehead atoms. The van der Waals surface area contributed by atoms with E-state index in [0.29, 0.717) is 32.4 Å². The van der Waals surface area contributed by atoms with E-state index in [0.717, 1.165) is 5.56 Å². The number of hydrogen-bond donors (Lipinski definition) is 0. The minimum absolute atomic E-state index is 0.0812. The highest BCUT2D eigenvalue weighted by molar-refractivity contribution is 5.83. The number of hydrogen-bond acceptors (Lipinski definition) is 2. The molecule has 0 spiro atoms. The van der Waals surface area contributed by atoms with Crippen molar-refractivity contribution in [3.8, 4) is 0 Å². The second kappa shape index (κ2) is 7.57. The van der Waals surface area contributed by atoms with Gasteiger partial charge in [0.2, 0.25) is 11.8 Å². The van der Waals surface area contributed by atoms with Crippen LogP contribution in [0.15, 0.2) is 24.3 Å². The van der Waals surface area contributed by atoms with Crippen LogP contribution in [0.3, 0.4) is 0 Å². The van der Waals surface area contributed by atoms with Crippen molar-refractivity contribution in [1.82, 2.24) is 9.80 Å². The van der Waals surface area contributed by atoms with E-state index in [1.54, 1.807) is 22.9 Å². The smallest absolute Gasteiger partial charge is 0.227 e. The number of likely N-dealkylation sites (tertiary alicyclic amines) is 1. The standard InChI is InChI=1S/C18H25FN2O2/c1-13(2)20(3)18(23)15-7-8-17(22)21(12-15)10-9-14-5-4-6-16(19)11-14/h4-6,11,13,15H,7-10,12H2,1-3H3/t15-/m0/s1. The fourth-order valence-electron chi connectivity index (χ4n) is 2.83. The molecular formula is C18H25FN2O2. The van der Waals surface area contributed by atoms with E-state index in [1.807, 2.05) is 19.9 Å². The van der Waals surface area contributed by atoms with E-state index in [4.69, 9.17) is 0 Å². The lowest BCUT2D eigenvalue weighted by molar-refractivity contribution is -0.143. The molecule has 0 unspecified atom stereocenters. The first kappa shape index (κ1) is 17.4. The minimum Gasteiger partial charge on any atom is -0.343 e.